The van der Waals surface area contributed by atoms with Crippen LogP contribution in [0.4, 0.5) is 11.4 Å². The molecule has 6 nitrogen and oxygen atoms in total. The number of morpholine rings is 2. The smallest absolute Gasteiger partial charge is 0.207 e. The fraction of sp³-hybridized carbons (Fsp3) is 0.556. The van der Waals surface area contributed by atoms with E-state index in [0.717, 1.165) is 77.9 Å². The summed E-state index contributed by atoms with van der Waals surface area (Å²) in [5, 5.41) is 0. The van der Waals surface area contributed by atoms with E-state index in [4.69, 9.17) is 14.5 Å². The minimum Gasteiger partial charge on any atom is -0.378 e. The summed E-state index contributed by atoms with van der Waals surface area (Å²) in [5.74, 6) is 0.503. The summed E-state index contributed by atoms with van der Waals surface area (Å²) in [7, 11) is 0. The van der Waals surface area contributed by atoms with E-state index in [0.29, 0.717) is 19.1 Å². The number of nitrogens with zero attached hydrogens (tertiary/aromatic N) is 3. The van der Waals surface area contributed by atoms with Gasteiger partial charge in [0.1, 0.15) is 5.69 Å². The zero-order valence-electron chi connectivity index (χ0n) is 20.7. The van der Waals surface area contributed by atoms with Crippen LogP contribution >= 0.6 is 11.3 Å². The van der Waals surface area contributed by atoms with Gasteiger partial charge in [0.05, 0.1) is 47.2 Å². The molecular weight excluding hydrogens is 446 g/mol. The molecule has 2 saturated heterocycles. The summed E-state index contributed by atoms with van der Waals surface area (Å²) in [6.07, 6.45) is 0.955. The van der Waals surface area contributed by atoms with Crippen LogP contribution < -0.4 is 15.2 Å². The van der Waals surface area contributed by atoms with Gasteiger partial charge in [-0.2, -0.15) is 0 Å². The van der Waals surface area contributed by atoms with E-state index in [2.05, 4.69) is 61.8 Å². The Balaban J connectivity index is 1.69. The lowest BCUT2D eigenvalue weighted by molar-refractivity contribution is 0.122. The molecule has 7 heteroatoms. The van der Waals surface area contributed by atoms with Gasteiger partial charge < -0.3 is 19.3 Å². The van der Waals surface area contributed by atoms with Gasteiger partial charge >= 0.3 is 0 Å². The highest BCUT2D eigenvalue weighted by Gasteiger charge is 2.31. The van der Waals surface area contributed by atoms with Crippen molar-refractivity contribution in [2.75, 3.05) is 62.4 Å². The molecule has 0 bridgehead atoms. The second-order valence-corrected chi connectivity index (χ2v) is 11.5. The van der Waals surface area contributed by atoms with Gasteiger partial charge in [-0.05, 0) is 42.0 Å². The Kier molecular flexibility index (Phi) is 6.53. The zero-order valence-corrected chi connectivity index (χ0v) is 21.5. The van der Waals surface area contributed by atoms with Crippen LogP contribution in [0, 0.1) is 5.92 Å². The second kappa shape index (κ2) is 9.44. The maximum Gasteiger partial charge on any atom is 0.207 e. The van der Waals surface area contributed by atoms with Gasteiger partial charge in [-0.15, -0.1) is 11.3 Å². The second-order valence-electron chi connectivity index (χ2n) is 10.5. The van der Waals surface area contributed by atoms with E-state index >= 15 is 0 Å². The summed E-state index contributed by atoms with van der Waals surface area (Å²) in [4.78, 5) is 24.7. The number of aromatic nitrogens is 1. The summed E-state index contributed by atoms with van der Waals surface area (Å²) in [6, 6.07) is 8.57. The summed E-state index contributed by atoms with van der Waals surface area (Å²) in [6.45, 7) is 14.9. The number of benzene rings is 2. The van der Waals surface area contributed by atoms with Gasteiger partial charge in [0.25, 0.3) is 0 Å². The first-order valence-electron chi connectivity index (χ1n) is 12.4. The third-order valence-electron chi connectivity index (χ3n) is 6.94. The standard InChI is InChI=1S/C27H35N3O3S/c1-18(2)17-27(3,4)20-16-22-26(24(25(20)31)30-9-13-33-14-10-30)34-23-15-19(5-6-21(23)28-22)29-7-11-32-12-8-29/h5-6,15-16,18H,7-14,17H2,1-4H3. The number of fused-ring (bicyclic) bond motifs is 2. The highest BCUT2D eigenvalue weighted by Crippen LogP contribution is 2.41. The molecule has 1 aliphatic carbocycles. The molecule has 0 saturated carbocycles. The van der Waals surface area contributed by atoms with Crippen molar-refractivity contribution >= 4 is 32.9 Å². The normalized spacial score (nSPS) is 17.8. The molecule has 5 rings (SSSR count). The molecule has 3 aliphatic heterocycles. The van der Waals surface area contributed by atoms with Crippen LogP contribution in [0.2, 0.25) is 0 Å². The lowest BCUT2D eigenvalue weighted by Crippen LogP contribution is -2.41. The van der Waals surface area contributed by atoms with Crippen LogP contribution in [0.1, 0.15) is 39.7 Å². The van der Waals surface area contributed by atoms with E-state index in [1.54, 1.807) is 11.3 Å². The maximum absolute atomic E-state index is 14.0. The van der Waals surface area contributed by atoms with Gasteiger partial charge in [0.2, 0.25) is 5.43 Å². The van der Waals surface area contributed by atoms with Crippen molar-refractivity contribution in [2.45, 2.75) is 39.5 Å². The van der Waals surface area contributed by atoms with Crippen LogP contribution in [0.25, 0.3) is 20.8 Å². The molecule has 0 aromatic heterocycles. The Bertz CT molecular complexity index is 1190. The topological polar surface area (TPSA) is 54.9 Å². The molecule has 0 unspecified atom stereocenters. The van der Waals surface area contributed by atoms with E-state index in [-0.39, 0.29) is 10.8 Å². The van der Waals surface area contributed by atoms with E-state index in [1.165, 1.54) is 5.69 Å². The van der Waals surface area contributed by atoms with Gasteiger partial charge in [-0.3, -0.25) is 4.79 Å². The Morgan fingerprint density at radius 1 is 1.00 bits per heavy atom. The van der Waals surface area contributed by atoms with Crippen LogP contribution in [-0.4, -0.2) is 57.6 Å². The summed E-state index contributed by atoms with van der Waals surface area (Å²) >= 11 is 1.69. The van der Waals surface area contributed by atoms with Gasteiger partial charge in [0, 0.05) is 37.4 Å². The van der Waals surface area contributed by atoms with Gasteiger partial charge in [-0.1, -0.05) is 27.7 Å². The molecule has 34 heavy (non-hydrogen) atoms. The van der Waals surface area contributed by atoms with E-state index in [9.17, 15) is 4.79 Å². The molecule has 1 aromatic rings. The number of rotatable bonds is 5. The lowest BCUT2D eigenvalue weighted by Gasteiger charge is -2.33. The monoisotopic (exact) mass is 481 g/mol. The molecule has 0 atom stereocenters. The molecule has 1 aromatic carbocycles. The molecule has 0 amide bonds. The first kappa shape index (κ1) is 23.5. The van der Waals surface area contributed by atoms with Crippen molar-refractivity contribution < 1.29 is 9.47 Å². The molecular formula is C27H35N3O3S. The van der Waals surface area contributed by atoms with Crippen molar-refractivity contribution in [1.29, 1.82) is 0 Å². The Labute approximate surface area is 205 Å². The largest absolute Gasteiger partial charge is 0.378 e. The first-order chi connectivity index (χ1) is 16.3. The minimum absolute atomic E-state index is 0.154. The molecule has 0 N–H and O–H groups in total. The average molecular weight is 482 g/mol. The molecule has 0 spiro atoms. The van der Waals surface area contributed by atoms with Gasteiger partial charge in [-0.25, -0.2) is 4.98 Å². The third kappa shape index (κ3) is 4.53. The lowest BCUT2D eigenvalue weighted by atomic mass is 9.77. The van der Waals surface area contributed by atoms with E-state index < -0.39 is 0 Å². The Morgan fingerprint density at radius 3 is 2.29 bits per heavy atom. The van der Waals surface area contributed by atoms with Crippen LogP contribution in [-0.2, 0) is 14.9 Å². The SMILES string of the molecule is CC(C)CC(C)(C)c1cc2nc3ccc(N4CCOCC4)cc3sc-2c(N2CCOCC2)c1=O. The fourth-order valence-corrected chi connectivity index (χ4v) is 6.59. The number of hydrogen-bond donors (Lipinski definition) is 0. The first-order valence-corrected chi connectivity index (χ1v) is 13.2. The molecule has 2 fully saturated rings. The van der Waals surface area contributed by atoms with Crippen LogP contribution in [0.15, 0.2) is 29.1 Å². The summed E-state index contributed by atoms with van der Waals surface area (Å²) < 4.78 is 12.2. The third-order valence-corrected chi connectivity index (χ3v) is 8.09. The molecule has 4 aliphatic rings. The Morgan fingerprint density at radius 2 is 1.65 bits per heavy atom. The van der Waals surface area contributed by atoms with Crippen LogP contribution in [0.5, 0.6) is 0 Å². The molecule has 182 valence electrons. The fourth-order valence-electron chi connectivity index (χ4n) is 5.45. The van der Waals surface area contributed by atoms with Crippen molar-refractivity contribution in [3.63, 3.8) is 0 Å². The van der Waals surface area contributed by atoms with Crippen molar-refractivity contribution in [3.05, 3.63) is 40.1 Å². The van der Waals surface area contributed by atoms with Gasteiger partial charge in [0.15, 0.2) is 0 Å². The predicted octanol–water partition coefficient (Wildman–Crippen LogP) is 4.76. The number of anilines is 2. The maximum atomic E-state index is 14.0. The number of ether oxygens (including phenoxy) is 2. The van der Waals surface area contributed by atoms with Crippen molar-refractivity contribution in [1.82, 2.24) is 4.98 Å². The molecule has 3 heterocycles. The zero-order chi connectivity index (χ0) is 23.9. The highest BCUT2D eigenvalue weighted by atomic mass is 32.1. The van der Waals surface area contributed by atoms with Crippen LogP contribution in [0.3, 0.4) is 0 Å². The minimum atomic E-state index is -0.220. The molecule has 0 radical (unpaired) electrons. The predicted molar refractivity (Wildman–Crippen MR) is 141 cm³/mol. The quantitative estimate of drug-likeness (QED) is 0.490. The number of hydrogen-bond acceptors (Lipinski definition) is 7. The summed E-state index contributed by atoms with van der Waals surface area (Å²) in [5.41, 5.74) is 4.71. The highest BCUT2D eigenvalue weighted by molar-refractivity contribution is 7.22. The average Bonchev–Trinajstić information content (AvgIpc) is 2.82. The van der Waals surface area contributed by atoms with E-state index in [1.807, 2.05) is 0 Å². The Hall–Kier alpha value is -2.22. The van der Waals surface area contributed by atoms with Crippen molar-refractivity contribution in [3.8, 4) is 10.6 Å². The van der Waals surface area contributed by atoms with Crippen molar-refractivity contribution in [2.24, 2.45) is 5.92 Å².